The van der Waals surface area contributed by atoms with Gasteiger partial charge in [0.15, 0.2) is 0 Å². The number of imidazole rings is 1. The minimum atomic E-state index is -4.79. The molecule has 0 aliphatic rings. The van der Waals surface area contributed by atoms with E-state index in [-0.39, 0.29) is 17.4 Å². The third kappa shape index (κ3) is 3.93. The highest BCUT2D eigenvalue weighted by molar-refractivity contribution is 5.78. The molecule has 8 heteroatoms. The van der Waals surface area contributed by atoms with E-state index in [4.69, 9.17) is 5.73 Å². The van der Waals surface area contributed by atoms with E-state index in [1.807, 2.05) is 25.1 Å². The summed E-state index contributed by atoms with van der Waals surface area (Å²) < 4.78 is 44.1. The molecular formula is C21H17F3N4O. The zero-order valence-electron chi connectivity index (χ0n) is 15.4. The van der Waals surface area contributed by atoms with Crippen LogP contribution in [0.5, 0.6) is 5.75 Å². The molecule has 0 spiro atoms. The van der Waals surface area contributed by atoms with E-state index in [0.717, 1.165) is 16.6 Å². The van der Waals surface area contributed by atoms with E-state index in [1.165, 1.54) is 18.2 Å². The van der Waals surface area contributed by atoms with Gasteiger partial charge in [-0.05, 0) is 48.9 Å². The fourth-order valence-electron chi connectivity index (χ4n) is 3.09. The molecule has 1 unspecified atom stereocenters. The Hall–Kier alpha value is -3.39. The molecule has 0 saturated carbocycles. The molecule has 0 fully saturated rings. The Bertz CT molecular complexity index is 1170. The zero-order valence-corrected chi connectivity index (χ0v) is 15.4. The van der Waals surface area contributed by atoms with E-state index >= 15 is 0 Å². The van der Waals surface area contributed by atoms with Gasteiger partial charge in [-0.3, -0.25) is 4.57 Å². The summed E-state index contributed by atoms with van der Waals surface area (Å²) in [5.74, 6) is 0.224. The normalized spacial score (nSPS) is 12.9. The number of hydrogen-bond acceptors (Lipinski definition) is 4. The van der Waals surface area contributed by atoms with Crippen LogP contribution in [0.2, 0.25) is 0 Å². The molecule has 29 heavy (non-hydrogen) atoms. The average Bonchev–Trinajstić information content (AvgIpc) is 3.10. The van der Waals surface area contributed by atoms with Crippen molar-refractivity contribution in [2.24, 2.45) is 5.73 Å². The summed E-state index contributed by atoms with van der Waals surface area (Å²) in [4.78, 5) is 8.94. The number of para-hydroxylation sites is 1. The number of aromatic nitrogens is 3. The summed E-state index contributed by atoms with van der Waals surface area (Å²) in [6.45, 7) is 1.89. The molecule has 4 rings (SSSR count). The first-order chi connectivity index (χ1) is 13.8. The number of pyridine rings is 1. The average molecular weight is 398 g/mol. The molecule has 1 atom stereocenters. The predicted molar refractivity (Wildman–Crippen MR) is 104 cm³/mol. The molecule has 0 aliphatic carbocycles. The van der Waals surface area contributed by atoms with Gasteiger partial charge in [-0.2, -0.15) is 0 Å². The monoisotopic (exact) mass is 398 g/mol. The van der Waals surface area contributed by atoms with Crippen LogP contribution in [-0.4, -0.2) is 20.9 Å². The second-order valence-electron chi connectivity index (χ2n) is 6.58. The zero-order chi connectivity index (χ0) is 20.6. The van der Waals surface area contributed by atoms with Crippen molar-refractivity contribution in [2.45, 2.75) is 19.3 Å². The van der Waals surface area contributed by atoms with E-state index in [0.29, 0.717) is 11.5 Å². The Kier molecular flexibility index (Phi) is 4.71. The first-order valence-corrected chi connectivity index (χ1v) is 8.87. The maximum absolute atomic E-state index is 12.7. The van der Waals surface area contributed by atoms with E-state index in [2.05, 4.69) is 14.7 Å². The molecule has 0 saturated heterocycles. The van der Waals surface area contributed by atoms with Crippen LogP contribution < -0.4 is 10.5 Å². The van der Waals surface area contributed by atoms with Crippen LogP contribution in [0.3, 0.4) is 0 Å². The fourth-order valence-corrected chi connectivity index (χ4v) is 3.09. The summed E-state index contributed by atoms with van der Waals surface area (Å²) in [5.41, 5.74) is 9.07. The van der Waals surface area contributed by atoms with Crippen molar-refractivity contribution in [1.82, 2.24) is 14.5 Å². The molecule has 0 radical (unpaired) electrons. The predicted octanol–water partition coefficient (Wildman–Crippen LogP) is 5.01. The largest absolute Gasteiger partial charge is 0.573 e. The summed E-state index contributed by atoms with van der Waals surface area (Å²) in [7, 11) is 0. The van der Waals surface area contributed by atoms with Crippen LogP contribution in [0.4, 0.5) is 13.2 Å². The Morgan fingerprint density at radius 2 is 1.83 bits per heavy atom. The molecule has 2 aromatic heterocycles. The molecule has 0 amide bonds. The lowest BCUT2D eigenvalue weighted by atomic mass is 10.1. The van der Waals surface area contributed by atoms with Crippen LogP contribution in [0.1, 0.15) is 18.5 Å². The van der Waals surface area contributed by atoms with Gasteiger partial charge in [0.1, 0.15) is 17.9 Å². The van der Waals surface area contributed by atoms with Crippen molar-refractivity contribution in [3.05, 3.63) is 72.6 Å². The van der Waals surface area contributed by atoms with Gasteiger partial charge in [0.25, 0.3) is 0 Å². The van der Waals surface area contributed by atoms with Crippen molar-refractivity contribution >= 4 is 11.0 Å². The minimum absolute atomic E-state index is 0.115. The lowest BCUT2D eigenvalue weighted by Crippen LogP contribution is -2.17. The number of nitrogens with zero attached hydrogens (tertiary/aromatic N) is 3. The Morgan fingerprint density at radius 1 is 1.03 bits per heavy atom. The van der Waals surface area contributed by atoms with Crippen LogP contribution in [-0.2, 0) is 0 Å². The Labute approximate surface area is 164 Å². The Morgan fingerprint density at radius 3 is 2.59 bits per heavy atom. The van der Waals surface area contributed by atoms with Crippen LogP contribution >= 0.6 is 0 Å². The molecule has 148 valence electrons. The van der Waals surface area contributed by atoms with Crippen molar-refractivity contribution in [3.63, 3.8) is 0 Å². The van der Waals surface area contributed by atoms with E-state index in [9.17, 15) is 13.2 Å². The van der Waals surface area contributed by atoms with Crippen molar-refractivity contribution in [3.8, 4) is 22.8 Å². The summed E-state index contributed by atoms with van der Waals surface area (Å²) in [5, 5.41) is 0. The van der Waals surface area contributed by atoms with Crippen molar-refractivity contribution in [1.29, 1.82) is 0 Å². The van der Waals surface area contributed by atoms with Gasteiger partial charge in [-0.15, -0.1) is 13.2 Å². The number of rotatable bonds is 4. The Balaban J connectivity index is 1.77. The number of fused-ring (bicyclic) bond motifs is 1. The second-order valence-corrected chi connectivity index (χ2v) is 6.58. The first-order valence-electron chi connectivity index (χ1n) is 8.87. The number of ether oxygens (including phenoxy) is 1. The highest BCUT2D eigenvalue weighted by Gasteiger charge is 2.32. The summed E-state index contributed by atoms with van der Waals surface area (Å²) >= 11 is 0. The van der Waals surface area contributed by atoms with Crippen molar-refractivity contribution in [2.75, 3.05) is 0 Å². The summed E-state index contributed by atoms with van der Waals surface area (Å²) in [6.07, 6.45) is -3.16. The van der Waals surface area contributed by atoms with Crippen LogP contribution in [0.25, 0.3) is 28.1 Å². The van der Waals surface area contributed by atoms with E-state index < -0.39 is 6.36 Å². The number of hydrogen-bond donors (Lipinski definition) is 1. The molecule has 2 heterocycles. The maximum atomic E-state index is 12.7. The number of alkyl halides is 3. The fraction of sp³-hybridized carbons (Fsp3) is 0.143. The molecule has 2 aromatic carbocycles. The van der Waals surface area contributed by atoms with Crippen molar-refractivity contribution < 1.29 is 17.9 Å². The van der Waals surface area contributed by atoms with E-state index in [1.54, 1.807) is 35.2 Å². The molecule has 5 nitrogen and oxygen atoms in total. The standard InChI is InChI=1S/C21H17F3N4O/c1-13(25)14-9-10-18-17(11-14)26-12-28(18)20-8-4-6-16(27-20)15-5-2-3-7-19(15)29-21(22,23)24/h2-13H,25H2,1H3. The lowest BCUT2D eigenvalue weighted by molar-refractivity contribution is -0.274. The first kappa shape index (κ1) is 18.9. The molecule has 4 aromatic rings. The van der Waals surface area contributed by atoms with Gasteiger partial charge in [-0.1, -0.05) is 24.3 Å². The molecule has 0 bridgehead atoms. The maximum Gasteiger partial charge on any atom is 0.573 e. The number of halogens is 3. The van der Waals surface area contributed by atoms with Gasteiger partial charge in [-0.25, -0.2) is 9.97 Å². The van der Waals surface area contributed by atoms with Gasteiger partial charge < -0.3 is 10.5 Å². The lowest BCUT2D eigenvalue weighted by Gasteiger charge is -2.13. The van der Waals surface area contributed by atoms with Gasteiger partial charge in [0.2, 0.25) is 0 Å². The quantitative estimate of drug-likeness (QED) is 0.525. The number of nitrogens with two attached hydrogens (primary N) is 1. The molecule has 2 N–H and O–H groups in total. The second kappa shape index (κ2) is 7.21. The van der Waals surface area contributed by atoms with Gasteiger partial charge >= 0.3 is 6.36 Å². The minimum Gasteiger partial charge on any atom is -0.405 e. The third-order valence-electron chi connectivity index (χ3n) is 4.47. The van der Waals surface area contributed by atoms with Crippen LogP contribution in [0, 0.1) is 0 Å². The highest BCUT2D eigenvalue weighted by atomic mass is 19.4. The molecule has 0 aliphatic heterocycles. The van der Waals surface area contributed by atoms with Crippen LogP contribution in [0.15, 0.2) is 67.0 Å². The van der Waals surface area contributed by atoms with Gasteiger partial charge in [0, 0.05) is 11.6 Å². The smallest absolute Gasteiger partial charge is 0.405 e. The highest BCUT2D eigenvalue weighted by Crippen LogP contribution is 2.33. The summed E-state index contributed by atoms with van der Waals surface area (Å²) in [6, 6.07) is 16.6. The third-order valence-corrected chi connectivity index (χ3v) is 4.47. The molecular weight excluding hydrogens is 381 g/mol. The van der Waals surface area contributed by atoms with Gasteiger partial charge in [0.05, 0.1) is 16.7 Å². The SMILES string of the molecule is CC(N)c1ccc2c(c1)ncn2-c1cccc(-c2ccccc2OC(F)(F)F)n1. The number of benzene rings is 2. The topological polar surface area (TPSA) is 66.0 Å².